The first kappa shape index (κ1) is 13.2. The largest absolute Gasteiger partial charge is 0.414 e. The van der Waals surface area contributed by atoms with E-state index in [1.54, 1.807) is 5.48 Å². The van der Waals surface area contributed by atoms with E-state index in [1.807, 2.05) is 0 Å². The number of rotatable bonds is 4. The van der Waals surface area contributed by atoms with Crippen LogP contribution in [0.5, 0.6) is 0 Å². The first-order chi connectivity index (χ1) is 7.88. The first-order valence-corrected chi connectivity index (χ1v) is 4.37. The summed E-state index contributed by atoms with van der Waals surface area (Å²) in [6, 6.07) is 1.41. The lowest BCUT2D eigenvalue weighted by Crippen LogP contribution is -2.35. The Kier molecular flexibility index (Phi) is 4.21. The Hall–Kier alpha value is -1.90. The fourth-order valence-electron chi connectivity index (χ4n) is 0.893. The van der Waals surface area contributed by atoms with E-state index in [-0.39, 0.29) is 0 Å². The molecular weight excluding hydrogens is 243 g/mol. The molecule has 1 aromatic rings. The second kappa shape index (κ2) is 5.43. The molecule has 6 nitrogen and oxygen atoms in total. The lowest BCUT2D eigenvalue weighted by atomic mass is 10.5. The molecule has 1 aromatic heterocycles. The molecule has 1 amide bonds. The van der Waals surface area contributed by atoms with Crippen LogP contribution in [0, 0.1) is 0 Å². The van der Waals surface area contributed by atoms with Crippen molar-refractivity contribution in [2.75, 3.05) is 6.61 Å². The highest BCUT2D eigenvalue weighted by atomic mass is 19.4. The van der Waals surface area contributed by atoms with Gasteiger partial charge < -0.3 is 0 Å². The molecule has 0 radical (unpaired) electrons. The fraction of sp³-hybridized carbons (Fsp3) is 0.375. The van der Waals surface area contributed by atoms with Gasteiger partial charge in [0.05, 0.1) is 0 Å². The van der Waals surface area contributed by atoms with E-state index in [1.165, 1.54) is 18.5 Å². The van der Waals surface area contributed by atoms with E-state index in [2.05, 4.69) is 9.82 Å². The van der Waals surface area contributed by atoms with Crippen molar-refractivity contribution in [2.45, 2.75) is 12.7 Å². The number of carbonyl (C=O) groups excluding carboxylic acids is 1. The summed E-state index contributed by atoms with van der Waals surface area (Å²) in [7, 11) is 0. The third-order valence-electron chi connectivity index (χ3n) is 1.52. The minimum absolute atomic E-state index is 0.468. The Morgan fingerprint density at radius 1 is 1.53 bits per heavy atom. The van der Waals surface area contributed by atoms with Crippen LogP contribution in [0.15, 0.2) is 23.3 Å². The van der Waals surface area contributed by atoms with Crippen LogP contribution in [0.4, 0.5) is 13.2 Å². The van der Waals surface area contributed by atoms with Gasteiger partial charge in [-0.15, -0.1) is 0 Å². The van der Waals surface area contributed by atoms with Gasteiger partial charge in [0, 0.05) is 12.4 Å². The zero-order valence-corrected chi connectivity index (χ0v) is 8.40. The van der Waals surface area contributed by atoms with Gasteiger partial charge in [0.15, 0.2) is 6.61 Å². The summed E-state index contributed by atoms with van der Waals surface area (Å²) in [5, 5.41) is 0. The highest BCUT2D eigenvalue weighted by Crippen LogP contribution is 2.13. The highest BCUT2D eigenvalue weighted by molar-refractivity contribution is 5.74. The van der Waals surface area contributed by atoms with Crippen LogP contribution in [0.25, 0.3) is 0 Å². The van der Waals surface area contributed by atoms with Crippen LogP contribution < -0.4 is 11.2 Å². The van der Waals surface area contributed by atoms with Gasteiger partial charge in [-0.05, 0) is 6.07 Å². The van der Waals surface area contributed by atoms with Crippen molar-refractivity contribution < 1.29 is 22.8 Å². The molecule has 0 aliphatic heterocycles. The predicted octanol–water partition coefficient (Wildman–Crippen LogP) is -0.147. The minimum Gasteiger partial charge on any atom is -0.290 e. The SMILES string of the molecule is O=C(Cn1cccnc1=O)NOCC(F)(F)F. The number of nitrogens with zero attached hydrogens (tertiary/aromatic N) is 2. The number of hydrogen-bond donors (Lipinski definition) is 1. The molecule has 0 atom stereocenters. The number of carbonyl (C=O) groups is 1. The average Bonchev–Trinajstić information content (AvgIpc) is 2.19. The Morgan fingerprint density at radius 3 is 2.82 bits per heavy atom. The lowest BCUT2D eigenvalue weighted by Gasteiger charge is -2.08. The molecule has 0 aliphatic rings. The number of hydrogen-bond acceptors (Lipinski definition) is 4. The minimum atomic E-state index is -4.53. The second-order valence-corrected chi connectivity index (χ2v) is 2.96. The molecule has 17 heavy (non-hydrogen) atoms. The number of halogens is 3. The van der Waals surface area contributed by atoms with Crippen molar-refractivity contribution in [1.29, 1.82) is 0 Å². The summed E-state index contributed by atoms with van der Waals surface area (Å²) in [6.07, 6.45) is -2.02. The fourth-order valence-corrected chi connectivity index (χ4v) is 0.893. The van der Waals surface area contributed by atoms with Crippen LogP contribution >= 0.6 is 0 Å². The summed E-state index contributed by atoms with van der Waals surface area (Å²) in [4.78, 5) is 29.4. The van der Waals surface area contributed by atoms with E-state index < -0.39 is 30.9 Å². The molecule has 0 spiro atoms. The Labute approximate surface area is 93.0 Å². The van der Waals surface area contributed by atoms with Gasteiger partial charge in [0.25, 0.3) is 5.91 Å². The molecule has 9 heteroatoms. The van der Waals surface area contributed by atoms with Crippen molar-refractivity contribution in [1.82, 2.24) is 15.0 Å². The predicted molar refractivity (Wildman–Crippen MR) is 48.6 cm³/mol. The number of aromatic nitrogens is 2. The van der Waals surface area contributed by atoms with E-state index in [4.69, 9.17) is 0 Å². The summed E-state index contributed by atoms with van der Waals surface area (Å²) in [5.41, 5.74) is 0.886. The number of amides is 1. The van der Waals surface area contributed by atoms with Gasteiger partial charge in [-0.25, -0.2) is 15.3 Å². The molecule has 0 saturated heterocycles. The lowest BCUT2D eigenvalue weighted by molar-refractivity contribution is -0.191. The maximum absolute atomic E-state index is 11.7. The molecule has 0 bridgehead atoms. The molecule has 0 fully saturated rings. The third-order valence-corrected chi connectivity index (χ3v) is 1.52. The van der Waals surface area contributed by atoms with Crippen molar-refractivity contribution in [3.05, 3.63) is 28.9 Å². The van der Waals surface area contributed by atoms with Crippen molar-refractivity contribution in [2.24, 2.45) is 0 Å². The summed E-state index contributed by atoms with van der Waals surface area (Å²) in [6.45, 7) is -2.06. The van der Waals surface area contributed by atoms with E-state index in [0.29, 0.717) is 0 Å². The smallest absolute Gasteiger partial charge is 0.290 e. The molecule has 1 N–H and O–H groups in total. The van der Waals surface area contributed by atoms with Gasteiger partial charge in [-0.1, -0.05) is 0 Å². The average molecular weight is 251 g/mol. The molecule has 1 heterocycles. The zero-order chi connectivity index (χ0) is 12.9. The van der Waals surface area contributed by atoms with Gasteiger partial charge in [-0.3, -0.25) is 14.2 Å². The molecule has 1 rings (SSSR count). The molecule has 94 valence electrons. The van der Waals surface area contributed by atoms with Crippen LogP contribution in [-0.4, -0.2) is 28.2 Å². The van der Waals surface area contributed by atoms with Crippen LogP contribution in [0.3, 0.4) is 0 Å². The number of hydroxylamine groups is 1. The zero-order valence-electron chi connectivity index (χ0n) is 8.40. The first-order valence-electron chi connectivity index (χ1n) is 4.37. The maximum Gasteiger partial charge on any atom is 0.414 e. The molecule has 0 unspecified atom stereocenters. The Balaban J connectivity index is 2.41. The normalized spacial score (nSPS) is 11.2. The Morgan fingerprint density at radius 2 is 2.24 bits per heavy atom. The van der Waals surface area contributed by atoms with E-state index in [9.17, 15) is 22.8 Å². The summed E-state index contributed by atoms with van der Waals surface area (Å²) >= 11 is 0. The van der Waals surface area contributed by atoms with E-state index in [0.717, 1.165) is 4.57 Å². The Bertz CT molecular complexity index is 443. The number of nitrogens with one attached hydrogen (secondary N) is 1. The summed E-state index contributed by atoms with van der Waals surface area (Å²) in [5.74, 6) is -0.885. The number of alkyl halides is 3. The standard InChI is InChI=1S/C8H8F3N3O3/c9-8(10,11)5-17-13-6(15)4-14-3-1-2-12-7(14)16/h1-3H,4-5H2,(H,13,15). The van der Waals surface area contributed by atoms with Crippen molar-refractivity contribution in [3.8, 4) is 0 Å². The maximum atomic E-state index is 11.7. The molecule has 0 saturated carbocycles. The summed E-state index contributed by atoms with van der Waals surface area (Å²) < 4.78 is 35.9. The quantitative estimate of drug-likeness (QED) is 0.755. The van der Waals surface area contributed by atoms with Crippen LogP contribution in [0.2, 0.25) is 0 Å². The van der Waals surface area contributed by atoms with Gasteiger partial charge in [0.1, 0.15) is 6.54 Å². The highest BCUT2D eigenvalue weighted by Gasteiger charge is 2.28. The van der Waals surface area contributed by atoms with Gasteiger partial charge >= 0.3 is 11.9 Å². The van der Waals surface area contributed by atoms with Gasteiger partial charge in [0.2, 0.25) is 0 Å². The van der Waals surface area contributed by atoms with Crippen LogP contribution in [-0.2, 0) is 16.2 Å². The second-order valence-electron chi connectivity index (χ2n) is 2.96. The third kappa shape index (κ3) is 5.11. The van der Waals surface area contributed by atoms with Crippen molar-refractivity contribution in [3.63, 3.8) is 0 Å². The topological polar surface area (TPSA) is 73.2 Å². The van der Waals surface area contributed by atoms with Crippen molar-refractivity contribution >= 4 is 5.91 Å². The van der Waals surface area contributed by atoms with Crippen LogP contribution in [0.1, 0.15) is 0 Å². The van der Waals surface area contributed by atoms with E-state index >= 15 is 0 Å². The monoisotopic (exact) mass is 251 g/mol. The molecule has 0 aromatic carbocycles. The van der Waals surface area contributed by atoms with Gasteiger partial charge in [-0.2, -0.15) is 13.2 Å². The molecule has 0 aliphatic carbocycles. The molecular formula is C8H8F3N3O3.